The number of nitrogens with one attached hydrogen (secondary N) is 1. The summed E-state index contributed by atoms with van der Waals surface area (Å²) in [5.74, 6) is 0.890. The second-order valence-electron chi connectivity index (χ2n) is 3.92. The first-order chi connectivity index (χ1) is 8.24. The molecule has 0 spiro atoms. The van der Waals surface area contributed by atoms with Gasteiger partial charge >= 0.3 is 0 Å². The van der Waals surface area contributed by atoms with Crippen LogP contribution in [0.5, 0.6) is 5.75 Å². The molecule has 0 fully saturated rings. The van der Waals surface area contributed by atoms with Gasteiger partial charge in [-0.1, -0.05) is 17.7 Å². The average molecular weight is 249 g/mol. The topological polar surface area (TPSA) is 47.0 Å². The van der Waals surface area contributed by atoms with Crippen molar-refractivity contribution in [3.63, 3.8) is 0 Å². The minimum atomic E-state index is 0.198. The van der Waals surface area contributed by atoms with Gasteiger partial charge < -0.3 is 10.1 Å². The van der Waals surface area contributed by atoms with E-state index in [4.69, 9.17) is 4.74 Å². The zero-order valence-electron chi connectivity index (χ0n) is 9.88. The van der Waals surface area contributed by atoms with E-state index >= 15 is 0 Å². The number of nitrogens with zero attached hydrogens (tertiary/aromatic N) is 2. The second kappa shape index (κ2) is 5.63. The Bertz CT molecular complexity index is 441. The van der Waals surface area contributed by atoms with Crippen LogP contribution >= 0.6 is 11.5 Å². The molecule has 0 saturated heterocycles. The largest absolute Gasteiger partial charge is 0.491 e. The van der Waals surface area contributed by atoms with Crippen LogP contribution in [0.2, 0.25) is 0 Å². The average Bonchev–Trinajstić information content (AvgIpc) is 2.81. The number of ether oxygens (including phenoxy) is 1. The maximum absolute atomic E-state index is 5.67. The highest BCUT2D eigenvalue weighted by molar-refractivity contribution is 7.09. The first-order valence-electron chi connectivity index (χ1n) is 5.47. The van der Waals surface area contributed by atoms with Crippen molar-refractivity contribution in [3.8, 4) is 5.75 Å². The summed E-state index contributed by atoms with van der Waals surface area (Å²) in [6.07, 6.45) is 1.54. The molecule has 0 aliphatic heterocycles. The van der Waals surface area contributed by atoms with Crippen LogP contribution in [0.1, 0.15) is 12.5 Å². The normalized spacial score (nSPS) is 12.1. The maximum Gasteiger partial charge on any atom is 0.202 e. The van der Waals surface area contributed by atoms with Crippen LogP contribution < -0.4 is 10.1 Å². The molecule has 1 aromatic carbocycles. The molecule has 1 atom stereocenters. The number of aryl methyl sites for hydroxylation is 1. The molecule has 0 bridgehead atoms. The SMILES string of the molecule is Cc1ccc(OCC(C)Nc2ncns2)cc1. The smallest absolute Gasteiger partial charge is 0.202 e. The standard InChI is InChI=1S/C12H15N3OS/c1-9-3-5-11(6-4-9)16-7-10(2)15-12-13-8-14-17-12/h3-6,8,10H,7H2,1-2H3,(H,13,14,15). The Hall–Kier alpha value is -1.62. The molecule has 4 nitrogen and oxygen atoms in total. The third-order valence-corrected chi connectivity index (χ3v) is 2.85. The third kappa shape index (κ3) is 3.71. The minimum absolute atomic E-state index is 0.198. The van der Waals surface area contributed by atoms with E-state index < -0.39 is 0 Å². The minimum Gasteiger partial charge on any atom is -0.491 e. The highest BCUT2D eigenvalue weighted by Gasteiger charge is 2.05. The fourth-order valence-electron chi connectivity index (χ4n) is 1.34. The van der Waals surface area contributed by atoms with Gasteiger partial charge in [0.15, 0.2) is 0 Å². The van der Waals surface area contributed by atoms with Crippen molar-refractivity contribution in [2.24, 2.45) is 0 Å². The molecular weight excluding hydrogens is 234 g/mol. The summed E-state index contributed by atoms with van der Waals surface area (Å²) >= 11 is 1.35. The molecule has 1 aromatic heterocycles. The van der Waals surface area contributed by atoms with Crippen molar-refractivity contribution in [3.05, 3.63) is 36.2 Å². The molecule has 2 aromatic rings. The summed E-state index contributed by atoms with van der Waals surface area (Å²) in [5, 5.41) is 4.05. The van der Waals surface area contributed by atoms with Crippen molar-refractivity contribution in [2.75, 3.05) is 11.9 Å². The van der Waals surface area contributed by atoms with Gasteiger partial charge in [0, 0.05) is 11.5 Å². The van der Waals surface area contributed by atoms with E-state index in [1.165, 1.54) is 17.1 Å². The quantitative estimate of drug-likeness (QED) is 0.885. The molecular formula is C12H15N3OS. The van der Waals surface area contributed by atoms with Crippen LogP contribution in [0.3, 0.4) is 0 Å². The van der Waals surface area contributed by atoms with E-state index in [-0.39, 0.29) is 6.04 Å². The van der Waals surface area contributed by atoms with Crippen molar-refractivity contribution >= 4 is 16.7 Å². The summed E-state index contributed by atoms with van der Waals surface area (Å²) in [6.45, 7) is 4.71. The van der Waals surface area contributed by atoms with Crippen molar-refractivity contribution in [2.45, 2.75) is 19.9 Å². The molecule has 90 valence electrons. The fourth-order valence-corrected chi connectivity index (χ4v) is 1.89. The highest BCUT2D eigenvalue weighted by atomic mass is 32.1. The van der Waals surface area contributed by atoms with Gasteiger partial charge in [0.05, 0.1) is 6.04 Å². The molecule has 0 radical (unpaired) electrons. The molecule has 1 heterocycles. The van der Waals surface area contributed by atoms with E-state index in [0.29, 0.717) is 6.61 Å². The van der Waals surface area contributed by atoms with E-state index in [1.54, 1.807) is 6.33 Å². The third-order valence-electron chi connectivity index (χ3n) is 2.25. The molecule has 1 N–H and O–H groups in total. The van der Waals surface area contributed by atoms with Gasteiger partial charge in [-0.2, -0.15) is 4.37 Å². The first-order valence-corrected chi connectivity index (χ1v) is 6.24. The van der Waals surface area contributed by atoms with E-state index in [0.717, 1.165) is 10.9 Å². The van der Waals surface area contributed by atoms with Crippen LogP contribution in [0, 0.1) is 6.92 Å². The van der Waals surface area contributed by atoms with E-state index in [1.807, 2.05) is 24.3 Å². The van der Waals surface area contributed by atoms with E-state index in [2.05, 4.69) is 28.5 Å². The molecule has 5 heteroatoms. The maximum atomic E-state index is 5.67. The van der Waals surface area contributed by atoms with Gasteiger partial charge in [-0.05, 0) is 26.0 Å². The van der Waals surface area contributed by atoms with Crippen LogP contribution in [0.15, 0.2) is 30.6 Å². The monoisotopic (exact) mass is 249 g/mol. The Morgan fingerprint density at radius 2 is 2.12 bits per heavy atom. The molecule has 0 aliphatic carbocycles. The summed E-state index contributed by atoms with van der Waals surface area (Å²) in [6, 6.07) is 8.24. The number of hydrogen-bond acceptors (Lipinski definition) is 5. The Morgan fingerprint density at radius 1 is 1.35 bits per heavy atom. The van der Waals surface area contributed by atoms with Crippen molar-refractivity contribution in [1.29, 1.82) is 0 Å². The number of benzene rings is 1. The van der Waals surface area contributed by atoms with E-state index in [9.17, 15) is 0 Å². The van der Waals surface area contributed by atoms with Gasteiger partial charge in [0.2, 0.25) is 5.13 Å². The Kier molecular flexibility index (Phi) is 3.93. The molecule has 2 rings (SSSR count). The molecule has 1 unspecified atom stereocenters. The molecule has 0 aliphatic rings. The second-order valence-corrected chi connectivity index (χ2v) is 4.70. The van der Waals surface area contributed by atoms with Crippen molar-refractivity contribution in [1.82, 2.24) is 9.36 Å². The molecule has 0 amide bonds. The lowest BCUT2D eigenvalue weighted by Gasteiger charge is -2.13. The lowest BCUT2D eigenvalue weighted by molar-refractivity contribution is 0.304. The number of hydrogen-bond donors (Lipinski definition) is 1. The van der Waals surface area contributed by atoms with Crippen LogP contribution in [0.4, 0.5) is 5.13 Å². The Labute approximate surface area is 105 Å². The molecule has 17 heavy (non-hydrogen) atoms. The lowest BCUT2D eigenvalue weighted by Crippen LogP contribution is -2.23. The highest BCUT2D eigenvalue weighted by Crippen LogP contribution is 2.13. The lowest BCUT2D eigenvalue weighted by atomic mass is 10.2. The summed E-state index contributed by atoms with van der Waals surface area (Å²) < 4.78 is 9.60. The van der Waals surface area contributed by atoms with Gasteiger partial charge in [-0.25, -0.2) is 4.98 Å². The van der Waals surface area contributed by atoms with Gasteiger partial charge in [-0.3, -0.25) is 0 Å². The Balaban J connectivity index is 1.79. The van der Waals surface area contributed by atoms with Crippen LogP contribution in [0.25, 0.3) is 0 Å². The van der Waals surface area contributed by atoms with Crippen LogP contribution in [-0.2, 0) is 0 Å². The van der Waals surface area contributed by atoms with Crippen LogP contribution in [-0.4, -0.2) is 22.0 Å². The Morgan fingerprint density at radius 3 is 2.76 bits per heavy atom. The van der Waals surface area contributed by atoms with Gasteiger partial charge in [0.25, 0.3) is 0 Å². The van der Waals surface area contributed by atoms with Crippen molar-refractivity contribution < 1.29 is 4.74 Å². The zero-order chi connectivity index (χ0) is 12.1. The predicted octanol–water partition coefficient (Wildman–Crippen LogP) is 2.73. The number of rotatable bonds is 5. The number of anilines is 1. The summed E-state index contributed by atoms with van der Waals surface area (Å²) in [7, 11) is 0. The summed E-state index contributed by atoms with van der Waals surface area (Å²) in [4.78, 5) is 4.06. The zero-order valence-corrected chi connectivity index (χ0v) is 10.7. The predicted molar refractivity (Wildman–Crippen MR) is 69.7 cm³/mol. The summed E-state index contributed by atoms with van der Waals surface area (Å²) in [5.41, 5.74) is 1.23. The number of aromatic nitrogens is 2. The molecule has 0 saturated carbocycles. The fraction of sp³-hybridized carbons (Fsp3) is 0.333. The van der Waals surface area contributed by atoms with Gasteiger partial charge in [0.1, 0.15) is 18.7 Å². The first kappa shape index (κ1) is 11.9. The van der Waals surface area contributed by atoms with Gasteiger partial charge in [-0.15, -0.1) is 0 Å².